The van der Waals surface area contributed by atoms with Crippen LogP contribution in [0.2, 0.25) is 10.0 Å². The van der Waals surface area contributed by atoms with E-state index in [0.29, 0.717) is 22.7 Å². The normalized spacial score (nSPS) is 13.0. The average molecular weight is 405 g/mol. The molecule has 0 fully saturated rings. The summed E-state index contributed by atoms with van der Waals surface area (Å²) in [6, 6.07) is 5.26. The number of aromatic hydroxyl groups is 1. The van der Waals surface area contributed by atoms with E-state index in [9.17, 15) is 23.1 Å². The molecule has 9 heteroatoms. The lowest BCUT2D eigenvalue weighted by molar-refractivity contribution is -0.137. The Bertz CT molecular complexity index is 866. The molecular formula is C17H13Cl2F3N2O2. The SMILES string of the molecule is N=C1CCc2c(Cl)cc(Cl)c(O)c21.NC(=O)c1ccc(C(F)(F)F)cc1. The maximum absolute atomic E-state index is 12.0. The van der Waals surface area contributed by atoms with Crippen LogP contribution in [0.1, 0.15) is 33.5 Å². The molecule has 2 aromatic rings. The van der Waals surface area contributed by atoms with Crippen LogP contribution in [-0.2, 0) is 12.6 Å². The molecule has 0 saturated carbocycles. The fourth-order valence-electron chi connectivity index (χ4n) is 2.42. The summed E-state index contributed by atoms with van der Waals surface area (Å²) in [6.07, 6.45) is -3.03. The van der Waals surface area contributed by atoms with Crippen LogP contribution in [0.25, 0.3) is 0 Å². The fraction of sp³-hybridized carbons (Fsp3) is 0.176. The van der Waals surface area contributed by atoms with Gasteiger partial charge in [0, 0.05) is 21.9 Å². The summed E-state index contributed by atoms with van der Waals surface area (Å²) in [5.74, 6) is -0.753. The number of alkyl halides is 3. The van der Waals surface area contributed by atoms with Crippen LogP contribution in [0.5, 0.6) is 5.75 Å². The van der Waals surface area contributed by atoms with E-state index in [1.54, 1.807) is 0 Å². The highest BCUT2D eigenvalue weighted by molar-refractivity contribution is 6.37. The predicted octanol–water partition coefficient (Wildman–Crippen LogP) is 4.82. The summed E-state index contributed by atoms with van der Waals surface area (Å²) in [5.41, 5.74) is 5.90. The second-order valence-electron chi connectivity index (χ2n) is 5.46. The Morgan fingerprint density at radius 3 is 2.19 bits per heavy atom. The van der Waals surface area contributed by atoms with Crippen LogP contribution < -0.4 is 5.73 Å². The third-order valence-corrected chi connectivity index (χ3v) is 4.36. The molecule has 3 rings (SSSR count). The summed E-state index contributed by atoms with van der Waals surface area (Å²) >= 11 is 11.7. The van der Waals surface area contributed by atoms with Gasteiger partial charge in [0.15, 0.2) is 0 Å². The number of nitrogens with two attached hydrogens (primary N) is 1. The molecule has 4 N–H and O–H groups in total. The Morgan fingerprint density at radius 1 is 1.12 bits per heavy atom. The summed E-state index contributed by atoms with van der Waals surface area (Å²) in [4.78, 5) is 10.5. The van der Waals surface area contributed by atoms with Crippen LogP contribution in [0.4, 0.5) is 13.2 Å². The standard InChI is InChI=1S/C9H7Cl2NO.C8H6F3NO/c10-5-3-6(11)9(13)8-4(5)1-2-7(8)12;9-8(10,11)6-3-1-5(2-4-6)7(12)13/h3,12-13H,1-2H2;1-4H,(H2,12,13). The van der Waals surface area contributed by atoms with Crippen molar-refractivity contribution in [2.75, 3.05) is 0 Å². The van der Waals surface area contributed by atoms with Crippen LogP contribution in [-0.4, -0.2) is 16.7 Å². The van der Waals surface area contributed by atoms with Crippen molar-refractivity contribution in [3.8, 4) is 5.75 Å². The molecule has 0 aliphatic heterocycles. The molecular weight excluding hydrogens is 392 g/mol. The molecule has 0 unspecified atom stereocenters. The third kappa shape index (κ3) is 4.28. The molecule has 4 nitrogen and oxygen atoms in total. The van der Waals surface area contributed by atoms with E-state index >= 15 is 0 Å². The molecule has 1 amide bonds. The van der Waals surface area contributed by atoms with Gasteiger partial charge in [-0.3, -0.25) is 4.79 Å². The number of hydrogen-bond acceptors (Lipinski definition) is 3. The number of primary amides is 1. The van der Waals surface area contributed by atoms with Gasteiger partial charge in [0.05, 0.1) is 10.6 Å². The topological polar surface area (TPSA) is 87.2 Å². The van der Waals surface area contributed by atoms with Gasteiger partial charge in [0.1, 0.15) is 5.75 Å². The van der Waals surface area contributed by atoms with Gasteiger partial charge in [-0.25, -0.2) is 0 Å². The fourth-order valence-corrected chi connectivity index (χ4v) is 2.97. The summed E-state index contributed by atoms with van der Waals surface area (Å²) in [7, 11) is 0. The molecule has 2 aromatic carbocycles. The lowest BCUT2D eigenvalue weighted by atomic mass is 10.1. The summed E-state index contributed by atoms with van der Waals surface area (Å²) in [6.45, 7) is 0. The van der Waals surface area contributed by atoms with E-state index in [4.69, 9.17) is 34.3 Å². The minimum Gasteiger partial charge on any atom is -0.506 e. The maximum Gasteiger partial charge on any atom is 0.416 e. The number of phenolic OH excluding ortho intramolecular Hbond substituents is 1. The van der Waals surface area contributed by atoms with Gasteiger partial charge in [-0.05, 0) is 48.7 Å². The molecule has 1 aliphatic rings. The van der Waals surface area contributed by atoms with Crippen molar-refractivity contribution in [3.05, 3.63) is 62.6 Å². The highest BCUT2D eigenvalue weighted by atomic mass is 35.5. The van der Waals surface area contributed by atoms with Crippen molar-refractivity contribution >= 4 is 34.8 Å². The third-order valence-electron chi connectivity index (χ3n) is 3.73. The molecule has 0 atom stereocenters. The Balaban J connectivity index is 0.000000187. The van der Waals surface area contributed by atoms with E-state index in [-0.39, 0.29) is 16.3 Å². The number of hydrogen-bond donors (Lipinski definition) is 3. The molecule has 1 aliphatic carbocycles. The Labute approximate surface area is 156 Å². The molecule has 0 bridgehead atoms. The van der Waals surface area contributed by atoms with Gasteiger partial charge in [-0.2, -0.15) is 13.2 Å². The molecule has 0 radical (unpaired) electrons. The first-order valence-corrected chi connectivity index (χ1v) is 8.02. The van der Waals surface area contributed by atoms with E-state index in [1.807, 2.05) is 0 Å². The van der Waals surface area contributed by atoms with Gasteiger partial charge < -0.3 is 16.2 Å². The lowest BCUT2D eigenvalue weighted by Gasteiger charge is -2.06. The molecule has 26 heavy (non-hydrogen) atoms. The zero-order valence-corrected chi connectivity index (χ0v) is 14.6. The van der Waals surface area contributed by atoms with Gasteiger partial charge in [0.2, 0.25) is 5.91 Å². The number of phenols is 1. The summed E-state index contributed by atoms with van der Waals surface area (Å²) in [5, 5.41) is 17.9. The first-order chi connectivity index (χ1) is 12.0. The van der Waals surface area contributed by atoms with E-state index in [2.05, 4.69) is 0 Å². The number of halogens is 5. The predicted molar refractivity (Wildman–Crippen MR) is 93.2 cm³/mol. The van der Waals surface area contributed by atoms with Crippen LogP contribution >= 0.6 is 23.2 Å². The number of amides is 1. The van der Waals surface area contributed by atoms with E-state index in [0.717, 1.165) is 36.2 Å². The molecule has 0 spiro atoms. The van der Waals surface area contributed by atoms with Crippen molar-refractivity contribution in [1.82, 2.24) is 0 Å². The Hall–Kier alpha value is -2.25. The summed E-state index contributed by atoms with van der Waals surface area (Å²) < 4.78 is 36.0. The van der Waals surface area contributed by atoms with E-state index in [1.165, 1.54) is 6.07 Å². The first kappa shape index (κ1) is 20.1. The maximum atomic E-state index is 12.0. The minimum absolute atomic E-state index is 0.0106. The molecule has 0 aromatic heterocycles. The van der Waals surface area contributed by atoms with Gasteiger partial charge in [0.25, 0.3) is 0 Å². The van der Waals surface area contributed by atoms with Crippen LogP contribution in [0.3, 0.4) is 0 Å². The average Bonchev–Trinajstić information content (AvgIpc) is 2.95. The minimum atomic E-state index is -4.38. The highest BCUT2D eigenvalue weighted by Gasteiger charge is 2.30. The number of carbonyl (C=O) groups excluding carboxylic acids is 1. The second-order valence-corrected chi connectivity index (χ2v) is 6.27. The zero-order chi connectivity index (χ0) is 19.6. The highest BCUT2D eigenvalue weighted by Crippen LogP contribution is 2.39. The molecule has 0 heterocycles. The molecule has 138 valence electrons. The van der Waals surface area contributed by atoms with Crippen LogP contribution in [0, 0.1) is 5.41 Å². The van der Waals surface area contributed by atoms with Crippen molar-refractivity contribution in [3.63, 3.8) is 0 Å². The Kier molecular flexibility index (Phi) is 5.83. The van der Waals surface area contributed by atoms with E-state index < -0.39 is 17.6 Å². The smallest absolute Gasteiger partial charge is 0.416 e. The van der Waals surface area contributed by atoms with Crippen molar-refractivity contribution in [2.45, 2.75) is 19.0 Å². The lowest BCUT2D eigenvalue weighted by Crippen LogP contribution is -2.11. The van der Waals surface area contributed by atoms with Crippen molar-refractivity contribution < 1.29 is 23.1 Å². The van der Waals surface area contributed by atoms with Gasteiger partial charge >= 0.3 is 6.18 Å². The number of rotatable bonds is 1. The van der Waals surface area contributed by atoms with Crippen LogP contribution in [0.15, 0.2) is 30.3 Å². The number of benzene rings is 2. The van der Waals surface area contributed by atoms with Gasteiger partial charge in [-0.1, -0.05) is 23.2 Å². The Morgan fingerprint density at radius 2 is 1.69 bits per heavy atom. The zero-order valence-electron chi connectivity index (χ0n) is 13.1. The van der Waals surface area contributed by atoms with Crippen molar-refractivity contribution in [2.24, 2.45) is 5.73 Å². The monoisotopic (exact) mass is 404 g/mol. The van der Waals surface area contributed by atoms with Gasteiger partial charge in [-0.15, -0.1) is 0 Å². The van der Waals surface area contributed by atoms with Crippen molar-refractivity contribution in [1.29, 1.82) is 5.41 Å². The second kappa shape index (κ2) is 7.55. The largest absolute Gasteiger partial charge is 0.506 e. The molecule has 0 saturated heterocycles. The first-order valence-electron chi connectivity index (χ1n) is 7.27. The quantitative estimate of drug-likeness (QED) is 0.636. The number of nitrogens with one attached hydrogen (secondary N) is 1. The number of fused-ring (bicyclic) bond motifs is 1. The number of carbonyl (C=O) groups is 1.